The van der Waals surface area contributed by atoms with Crippen molar-refractivity contribution in [3.8, 4) is 11.5 Å². The van der Waals surface area contributed by atoms with Gasteiger partial charge in [-0.3, -0.25) is 0 Å². The van der Waals surface area contributed by atoms with Crippen LogP contribution in [0.4, 0.5) is 0 Å². The molecule has 1 aliphatic rings. The highest BCUT2D eigenvalue weighted by molar-refractivity contribution is 5.27. The molecule has 0 saturated carbocycles. The molecular formula is C20H20O2. The maximum atomic E-state index is 6.10. The summed E-state index contributed by atoms with van der Waals surface area (Å²) >= 11 is 0. The van der Waals surface area contributed by atoms with Crippen LogP contribution in [0.5, 0.6) is 11.5 Å². The Hall–Kier alpha value is -2.48. The molecular weight excluding hydrogens is 272 g/mol. The Balaban J connectivity index is 1.84. The van der Waals surface area contributed by atoms with Gasteiger partial charge in [-0.25, -0.2) is 0 Å². The first-order valence-electron chi connectivity index (χ1n) is 7.74. The van der Waals surface area contributed by atoms with E-state index in [1.54, 1.807) is 0 Å². The quantitative estimate of drug-likeness (QED) is 0.694. The molecule has 2 heteroatoms. The molecule has 2 aromatic rings. The second-order valence-corrected chi connectivity index (χ2v) is 5.23. The third kappa shape index (κ3) is 4.01. The number of allylic oxidation sites excluding steroid dienone is 4. The third-order valence-corrected chi connectivity index (χ3v) is 3.52. The van der Waals surface area contributed by atoms with E-state index in [2.05, 4.69) is 12.2 Å². The van der Waals surface area contributed by atoms with Gasteiger partial charge in [-0.2, -0.15) is 0 Å². The molecule has 0 amide bonds. The van der Waals surface area contributed by atoms with Crippen molar-refractivity contribution in [3.63, 3.8) is 0 Å². The molecule has 0 saturated heterocycles. The van der Waals surface area contributed by atoms with Gasteiger partial charge in [-0.15, -0.1) is 0 Å². The molecule has 112 valence electrons. The van der Waals surface area contributed by atoms with Crippen LogP contribution in [0.15, 0.2) is 84.3 Å². The highest BCUT2D eigenvalue weighted by Gasteiger charge is 2.13. The normalized spacial score (nSPS) is 15.1. The molecule has 1 aliphatic carbocycles. The molecule has 0 fully saturated rings. The van der Waals surface area contributed by atoms with E-state index < -0.39 is 0 Å². The van der Waals surface area contributed by atoms with Crippen LogP contribution in [0.25, 0.3) is 0 Å². The van der Waals surface area contributed by atoms with Crippen molar-refractivity contribution in [2.45, 2.75) is 25.7 Å². The average Bonchev–Trinajstić information content (AvgIpc) is 2.55. The minimum atomic E-state index is 0.855. The first kappa shape index (κ1) is 14.5. The van der Waals surface area contributed by atoms with Crippen molar-refractivity contribution < 1.29 is 9.47 Å². The Morgan fingerprint density at radius 1 is 0.545 bits per heavy atom. The Morgan fingerprint density at radius 3 is 1.36 bits per heavy atom. The lowest BCUT2D eigenvalue weighted by Gasteiger charge is -2.18. The van der Waals surface area contributed by atoms with Gasteiger partial charge < -0.3 is 9.47 Å². The van der Waals surface area contributed by atoms with Crippen LogP contribution in [-0.2, 0) is 0 Å². The topological polar surface area (TPSA) is 18.5 Å². The van der Waals surface area contributed by atoms with E-state index in [1.807, 2.05) is 60.7 Å². The molecule has 2 nitrogen and oxygen atoms in total. The van der Waals surface area contributed by atoms with E-state index in [4.69, 9.17) is 9.47 Å². The van der Waals surface area contributed by atoms with Gasteiger partial charge in [0.25, 0.3) is 0 Å². The first-order valence-corrected chi connectivity index (χ1v) is 7.74. The smallest absolute Gasteiger partial charge is 0.143 e. The monoisotopic (exact) mass is 292 g/mol. The van der Waals surface area contributed by atoms with Crippen LogP contribution < -0.4 is 9.47 Å². The van der Waals surface area contributed by atoms with Crippen LogP contribution in [0.2, 0.25) is 0 Å². The minimum absolute atomic E-state index is 0.855. The van der Waals surface area contributed by atoms with Crippen LogP contribution in [0.3, 0.4) is 0 Å². The van der Waals surface area contributed by atoms with E-state index in [9.17, 15) is 0 Å². The van der Waals surface area contributed by atoms with Crippen molar-refractivity contribution in [2.75, 3.05) is 0 Å². The number of para-hydroxylation sites is 2. The van der Waals surface area contributed by atoms with Gasteiger partial charge in [0, 0.05) is 12.8 Å². The van der Waals surface area contributed by atoms with Crippen molar-refractivity contribution in [2.24, 2.45) is 0 Å². The molecule has 3 rings (SSSR count). The van der Waals surface area contributed by atoms with Gasteiger partial charge in [0.1, 0.15) is 23.0 Å². The van der Waals surface area contributed by atoms with Gasteiger partial charge in [-0.1, -0.05) is 48.6 Å². The maximum Gasteiger partial charge on any atom is 0.143 e. The van der Waals surface area contributed by atoms with Gasteiger partial charge in [0.15, 0.2) is 0 Å². The number of rotatable bonds is 4. The highest BCUT2D eigenvalue weighted by Crippen LogP contribution is 2.26. The molecule has 0 bridgehead atoms. The number of hydrogen-bond acceptors (Lipinski definition) is 2. The zero-order valence-corrected chi connectivity index (χ0v) is 12.6. The zero-order valence-electron chi connectivity index (χ0n) is 12.6. The lowest BCUT2D eigenvalue weighted by Crippen LogP contribution is -2.07. The molecule has 0 spiro atoms. The fourth-order valence-corrected chi connectivity index (χ4v) is 2.42. The van der Waals surface area contributed by atoms with Crippen molar-refractivity contribution in [3.05, 3.63) is 84.3 Å². The van der Waals surface area contributed by atoms with Gasteiger partial charge in [-0.05, 0) is 37.1 Å². The van der Waals surface area contributed by atoms with Crippen LogP contribution in [0, 0.1) is 0 Å². The van der Waals surface area contributed by atoms with Crippen molar-refractivity contribution in [1.82, 2.24) is 0 Å². The van der Waals surface area contributed by atoms with E-state index in [1.165, 1.54) is 0 Å². The van der Waals surface area contributed by atoms with E-state index in [0.717, 1.165) is 48.7 Å². The lowest BCUT2D eigenvalue weighted by molar-refractivity contribution is 0.320. The summed E-state index contributed by atoms with van der Waals surface area (Å²) in [5, 5.41) is 0. The molecule has 0 unspecified atom stereocenters. The van der Waals surface area contributed by atoms with E-state index >= 15 is 0 Å². The molecule has 2 aromatic carbocycles. The Labute approximate surface area is 131 Å². The predicted octanol–water partition coefficient (Wildman–Crippen LogP) is 5.49. The van der Waals surface area contributed by atoms with Crippen molar-refractivity contribution in [1.29, 1.82) is 0 Å². The summed E-state index contributed by atoms with van der Waals surface area (Å²) in [5.74, 6) is 3.58. The predicted molar refractivity (Wildman–Crippen MR) is 88.8 cm³/mol. The Bertz CT molecular complexity index is 584. The summed E-state index contributed by atoms with van der Waals surface area (Å²) < 4.78 is 12.2. The standard InChI is InChI=1S/C20H20O2/c1-2-10-16-20(22-18-13-7-4-8-14-18)19(15-9-1)21-17-11-5-3-6-12-17/h1-8,11-14H,9-10,15-16H2. The molecule has 22 heavy (non-hydrogen) atoms. The molecule has 0 N–H and O–H groups in total. The fourth-order valence-electron chi connectivity index (χ4n) is 2.42. The first-order chi connectivity index (χ1) is 10.9. The largest absolute Gasteiger partial charge is 0.458 e. The summed E-state index contributed by atoms with van der Waals surface area (Å²) in [7, 11) is 0. The van der Waals surface area contributed by atoms with Crippen LogP contribution in [0.1, 0.15) is 25.7 Å². The summed E-state index contributed by atoms with van der Waals surface area (Å²) in [6.45, 7) is 0. The molecule has 0 atom stereocenters. The number of ether oxygens (including phenoxy) is 2. The highest BCUT2D eigenvalue weighted by atomic mass is 16.5. The number of benzene rings is 2. The second-order valence-electron chi connectivity index (χ2n) is 5.23. The Morgan fingerprint density at radius 2 is 0.955 bits per heavy atom. The molecule has 0 heterocycles. The van der Waals surface area contributed by atoms with Crippen LogP contribution >= 0.6 is 0 Å². The lowest BCUT2D eigenvalue weighted by atomic mass is 10.1. The second kappa shape index (κ2) is 7.51. The average molecular weight is 292 g/mol. The maximum absolute atomic E-state index is 6.10. The third-order valence-electron chi connectivity index (χ3n) is 3.52. The van der Waals surface area contributed by atoms with E-state index in [0.29, 0.717) is 0 Å². The zero-order chi connectivity index (χ0) is 15.0. The van der Waals surface area contributed by atoms with E-state index in [-0.39, 0.29) is 0 Å². The Kier molecular flexibility index (Phi) is 4.93. The van der Waals surface area contributed by atoms with Crippen LogP contribution in [-0.4, -0.2) is 0 Å². The minimum Gasteiger partial charge on any atom is -0.458 e. The van der Waals surface area contributed by atoms with Gasteiger partial charge in [0.2, 0.25) is 0 Å². The van der Waals surface area contributed by atoms with Gasteiger partial charge in [0.05, 0.1) is 0 Å². The fraction of sp³-hybridized carbons (Fsp3) is 0.200. The number of hydrogen-bond donors (Lipinski definition) is 0. The van der Waals surface area contributed by atoms with Gasteiger partial charge >= 0.3 is 0 Å². The summed E-state index contributed by atoms with van der Waals surface area (Å²) in [5.41, 5.74) is 0. The molecule has 0 aliphatic heterocycles. The molecule has 0 radical (unpaired) electrons. The SMILES string of the molecule is C1=CCCC(Oc2ccccc2)=C(Oc2ccccc2)CC1. The van der Waals surface area contributed by atoms with Crippen molar-refractivity contribution >= 4 is 0 Å². The summed E-state index contributed by atoms with van der Waals surface area (Å²) in [6.07, 6.45) is 8.09. The molecule has 0 aromatic heterocycles. The summed E-state index contributed by atoms with van der Waals surface area (Å²) in [6, 6.07) is 19.8. The summed E-state index contributed by atoms with van der Waals surface area (Å²) in [4.78, 5) is 0.